The van der Waals surface area contributed by atoms with Gasteiger partial charge in [-0.2, -0.15) is 0 Å². The molecule has 0 saturated heterocycles. The van der Waals surface area contributed by atoms with Gasteiger partial charge in [0.1, 0.15) is 0 Å². The van der Waals surface area contributed by atoms with E-state index in [2.05, 4.69) is 6.92 Å². The fourth-order valence-corrected chi connectivity index (χ4v) is 2.23. The smallest absolute Gasteiger partial charge is 0.309 e. The number of aliphatic carboxylic acids is 1. The van der Waals surface area contributed by atoms with Crippen LogP contribution < -0.4 is 0 Å². The summed E-state index contributed by atoms with van der Waals surface area (Å²) in [6, 6.07) is 0. The Morgan fingerprint density at radius 2 is 2.08 bits per heavy atom. The highest BCUT2D eigenvalue weighted by molar-refractivity contribution is 5.75. The fourth-order valence-electron chi connectivity index (χ4n) is 2.23. The molecule has 0 spiro atoms. The molecule has 1 atom stereocenters. The molecule has 0 heterocycles. The molecule has 0 aromatic carbocycles. The van der Waals surface area contributed by atoms with E-state index in [1.54, 1.807) is 0 Å². The summed E-state index contributed by atoms with van der Waals surface area (Å²) in [5, 5.41) is 9.26. The van der Waals surface area contributed by atoms with Gasteiger partial charge >= 0.3 is 5.97 Å². The van der Waals surface area contributed by atoms with Crippen LogP contribution in [0.1, 0.15) is 52.4 Å². The molecular weight excluding hydrogens is 164 g/mol. The molecule has 76 valence electrons. The SMILES string of the molecule is CCCCC(CC)(C(=O)O)C1CC1. The Kier molecular flexibility index (Phi) is 3.34. The van der Waals surface area contributed by atoms with E-state index in [0.717, 1.165) is 38.5 Å². The van der Waals surface area contributed by atoms with E-state index in [0.29, 0.717) is 5.92 Å². The summed E-state index contributed by atoms with van der Waals surface area (Å²) in [7, 11) is 0. The summed E-state index contributed by atoms with van der Waals surface area (Å²) in [5.41, 5.74) is -0.379. The van der Waals surface area contributed by atoms with Crippen molar-refractivity contribution in [1.82, 2.24) is 0 Å². The Hall–Kier alpha value is -0.530. The summed E-state index contributed by atoms with van der Waals surface area (Å²) in [6.45, 7) is 4.14. The largest absolute Gasteiger partial charge is 0.481 e. The van der Waals surface area contributed by atoms with Crippen molar-refractivity contribution in [3.8, 4) is 0 Å². The van der Waals surface area contributed by atoms with Crippen molar-refractivity contribution in [3.05, 3.63) is 0 Å². The van der Waals surface area contributed by atoms with E-state index in [1.165, 1.54) is 0 Å². The van der Waals surface area contributed by atoms with Gasteiger partial charge < -0.3 is 5.11 Å². The minimum atomic E-state index is -0.564. The number of hydrogen-bond acceptors (Lipinski definition) is 1. The molecule has 1 rings (SSSR count). The maximum atomic E-state index is 11.2. The average molecular weight is 184 g/mol. The van der Waals surface area contributed by atoms with Gasteiger partial charge in [0.25, 0.3) is 0 Å². The minimum Gasteiger partial charge on any atom is -0.481 e. The third-order valence-corrected chi connectivity index (χ3v) is 3.39. The van der Waals surface area contributed by atoms with E-state index in [9.17, 15) is 9.90 Å². The van der Waals surface area contributed by atoms with Crippen LogP contribution in [0.3, 0.4) is 0 Å². The number of hydrogen-bond donors (Lipinski definition) is 1. The number of unbranched alkanes of at least 4 members (excludes halogenated alkanes) is 1. The van der Waals surface area contributed by atoms with Crippen LogP contribution >= 0.6 is 0 Å². The predicted octanol–water partition coefficient (Wildman–Crippen LogP) is 3.07. The molecule has 0 amide bonds. The molecule has 0 aliphatic heterocycles. The molecular formula is C11H20O2. The van der Waals surface area contributed by atoms with Crippen LogP contribution in [-0.2, 0) is 4.79 Å². The molecule has 0 bridgehead atoms. The van der Waals surface area contributed by atoms with Crippen molar-refractivity contribution < 1.29 is 9.90 Å². The standard InChI is InChI=1S/C11H20O2/c1-3-5-8-11(4-2,10(12)13)9-6-7-9/h9H,3-8H2,1-2H3,(H,12,13). The third kappa shape index (κ3) is 2.04. The Balaban J connectivity index is 2.64. The molecule has 2 nitrogen and oxygen atoms in total. The number of carboxylic acid groups (broad SMARTS) is 1. The van der Waals surface area contributed by atoms with Crippen LogP contribution in [0.15, 0.2) is 0 Å². The van der Waals surface area contributed by atoms with Gasteiger partial charge in [-0.25, -0.2) is 0 Å². The first kappa shape index (κ1) is 10.6. The third-order valence-electron chi connectivity index (χ3n) is 3.39. The van der Waals surface area contributed by atoms with Crippen molar-refractivity contribution >= 4 is 5.97 Å². The summed E-state index contributed by atoms with van der Waals surface area (Å²) in [4.78, 5) is 11.2. The molecule has 1 saturated carbocycles. The minimum absolute atomic E-state index is 0.379. The molecule has 2 heteroatoms. The second-order valence-corrected chi connectivity index (χ2v) is 4.19. The van der Waals surface area contributed by atoms with E-state index >= 15 is 0 Å². The molecule has 13 heavy (non-hydrogen) atoms. The zero-order valence-corrected chi connectivity index (χ0v) is 8.68. The Morgan fingerprint density at radius 1 is 1.46 bits per heavy atom. The molecule has 1 N–H and O–H groups in total. The summed E-state index contributed by atoms with van der Waals surface area (Å²) < 4.78 is 0. The molecule has 0 aromatic heterocycles. The first-order chi connectivity index (χ1) is 6.17. The quantitative estimate of drug-likeness (QED) is 0.688. The van der Waals surface area contributed by atoms with Crippen molar-refractivity contribution in [2.24, 2.45) is 11.3 Å². The van der Waals surface area contributed by atoms with Crippen LogP contribution in [0.5, 0.6) is 0 Å². The Labute approximate surface area is 80.3 Å². The van der Waals surface area contributed by atoms with E-state index in [1.807, 2.05) is 6.92 Å². The van der Waals surface area contributed by atoms with Crippen molar-refractivity contribution in [1.29, 1.82) is 0 Å². The molecule has 0 radical (unpaired) electrons. The predicted molar refractivity (Wildman–Crippen MR) is 52.6 cm³/mol. The van der Waals surface area contributed by atoms with Gasteiger partial charge in [0.05, 0.1) is 5.41 Å². The summed E-state index contributed by atoms with van der Waals surface area (Å²) in [6.07, 6.45) is 6.08. The van der Waals surface area contributed by atoms with E-state index < -0.39 is 5.97 Å². The van der Waals surface area contributed by atoms with Crippen LogP contribution in [-0.4, -0.2) is 11.1 Å². The lowest BCUT2D eigenvalue weighted by atomic mass is 9.76. The van der Waals surface area contributed by atoms with Crippen molar-refractivity contribution in [2.45, 2.75) is 52.4 Å². The van der Waals surface area contributed by atoms with Gasteiger partial charge in [0.15, 0.2) is 0 Å². The first-order valence-corrected chi connectivity index (χ1v) is 5.40. The lowest BCUT2D eigenvalue weighted by molar-refractivity contribution is -0.151. The van der Waals surface area contributed by atoms with Crippen LogP contribution in [0.25, 0.3) is 0 Å². The highest BCUT2D eigenvalue weighted by atomic mass is 16.4. The fraction of sp³-hybridized carbons (Fsp3) is 0.909. The van der Waals surface area contributed by atoms with Gasteiger partial charge in [-0.1, -0.05) is 26.7 Å². The lowest BCUT2D eigenvalue weighted by Crippen LogP contribution is -2.32. The average Bonchev–Trinajstić information content (AvgIpc) is 2.90. The van der Waals surface area contributed by atoms with Crippen LogP contribution in [0.4, 0.5) is 0 Å². The maximum Gasteiger partial charge on any atom is 0.309 e. The van der Waals surface area contributed by atoms with Crippen molar-refractivity contribution in [2.75, 3.05) is 0 Å². The van der Waals surface area contributed by atoms with Gasteiger partial charge in [-0.05, 0) is 31.6 Å². The molecule has 1 aliphatic rings. The highest BCUT2D eigenvalue weighted by Gasteiger charge is 2.48. The first-order valence-electron chi connectivity index (χ1n) is 5.40. The van der Waals surface area contributed by atoms with Gasteiger partial charge in [0, 0.05) is 0 Å². The molecule has 1 aliphatic carbocycles. The summed E-state index contributed by atoms with van der Waals surface area (Å²) in [5.74, 6) is -0.0903. The van der Waals surface area contributed by atoms with Crippen LogP contribution in [0.2, 0.25) is 0 Å². The van der Waals surface area contributed by atoms with Gasteiger partial charge in [-0.15, -0.1) is 0 Å². The second kappa shape index (κ2) is 4.12. The van der Waals surface area contributed by atoms with Gasteiger partial charge in [-0.3, -0.25) is 4.79 Å². The molecule has 0 aromatic rings. The maximum absolute atomic E-state index is 11.2. The lowest BCUT2D eigenvalue weighted by Gasteiger charge is -2.27. The Bertz CT molecular complexity index is 185. The normalized spacial score (nSPS) is 21.1. The Morgan fingerprint density at radius 3 is 2.38 bits per heavy atom. The highest BCUT2D eigenvalue weighted by Crippen LogP contribution is 2.50. The second-order valence-electron chi connectivity index (χ2n) is 4.19. The van der Waals surface area contributed by atoms with Gasteiger partial charge in [0.2, 0.25) is 0 Å². The zero-order chi connectivity index (χ0) is 9.90. The van der Waals surface area contributed by atoms with Crippen molar-refractivity contribution in [3.63, 3.8) is 0 Å². The van der Waals surface area contributed by atoms with E-state index in [4.69, 9.17) is 0 Å². The summed E-state index contributed by atoms with van der Waals surface area (Å²) >= 11 is 0. The van der Waals surface area contributed by atoms with Crippen LogP contribution in [0, 0.1) is 11.3 Å². The zero-order valence-electron chi connectivity index (χ0n) is 8.68. The number of rotatable bonds is 6. The number of carboxylic acids is 1. The molecule has 1 fully saturated rings. The monoisotopic (exact) mass is 184 g/mol. The number of carbonyl (C=O) groups is 1. The molecule has 1 unspecified atom stereocenters. The van der Waals surface area contributed by atoms with E-state index in [-0.39, 0.29) is 5.41 Å². The topological polar surface area (TPSA) is 37.3 Å².